The van der Waals surface area contributed by atoms with Crippen LogP contribution in [0.25, 0.3) is 0 Å². The molecule has 0 unspecified atom stereocenters. The normalized spacial score (nSPS) is 12.1. The van der Waals surface area contributed by atoms with Gasteiger partial charge in [0.15, 0.2) is 5.78 Å². The average Bonchev–Trinajstić information content (AvgIpc) is 2.83. The lowest BCUT2D eigenvalue weighted by molar-refractivity contribution is 0.0696. The monoisotopic (exact) mass is 461 g/mol. The highest BCUT2D eigenvalue weighted by atomic mass is 16.5. The summed E-state index contributed by atoms with van der Waals surface area (Å²) in [7, 11) is 0. The minimum Gasteiger partial charge on any atom is -0.492 e. The fourth-order valence-corrected chi connectivity index (χ4v) is 3.52. The predicted molar refractivity (Wildman–Crippen MR) is 128 cm³/mol. The fraction of sp³-hybridized carbons (Fsp3) is 0.222. The lowest BCUT2D eigenvalue weighted by Gasteiger charge is -2.24. The van der Waals surface area contributed by atoms with Crippen molar-refractivity contribution in [3.8, 4) is 11.5 Å². The Kier molecular flexibility index (Phi) is 8.03. The van der Waals surface area contributed by atoms with E-state index in [0.717, 1.165) is 11.1 Å². The Labute approximate surface area is 198 Å². The number of ether oxygens (including phenoxy) is 2. The van der Waals surface area contributed by atoms with Crippen molar-refractivity contribution in [2.45, 2.75) is 32.8 Å². The highest BCUT2D eigenvalue weighted by molar-refractivity contribution is 6.00. The van der Waals surface area contributed by atoms with E-state index < -0.39 is 5.97 Å². The maximum Gasteiger partial charge on any atom is 0.335 e. The van der Waals surface area contributed by atoms with Crippen molar-refractivity contribution in [1.82, 2.24) is 0 Å². The molecule has 1 amide bonds. The van der Waals surface area contributed by atoms with Gasteiger partial charge < -0.3 is 20.3 Å². The summed E-state index contributed by atoms with van der Waals surface area (Å²) >= 11 is 0. The first-order chi connectivity index (χ1) is 16.3. The number of primary amides is 1. The van der Waals surface area contributed by atoms with Gasteiger partial charge in [-0.05, 0) is 47.9 Å². The van der Waals surface area contributed by atoms with Gasteiger partial charge in [0.25, 0.3) is 0 Å². The summed E-state index contributed by atoms with van der Waals surface area (Å²) in [5, 5.41) is 8.94. The molecule has 7 heteroatoms. The van der Waals surface area contributed by atoms with Gasteiger partial charge in [0.05, 0.1) is 17.7 Å². The van der Waals surface area contributed by atoms with Crippen LogP contribution in [0.4, 0.5) is 0 Å². The van der Waals surface area contributed by atoms with Gasteiger partial charge >= 0.3 is 5.97 Å². The molecule has 7 nitrogen and oxygen atoms in total. The molecule has 0 radical (unpaired) electrons. The van der Waals surface area contributed by atoms with Crippen LogP contribution < -0.4 is 15.2 Å². The van der Waals surface area contributed by atoms with Gasteiger partial charge in [0.2, 0.25) is 5.91 Å². The van der Waals surface area contributed by atoms with Crippen molar-refractivity contribution in [1.29, 1.82) is 0 Å². The Morgan fingerprint density at radius 2 is 1.68 bits per heavy atom. The van der Waals surface area contributed by atoms with E-state index in [1.54, 1.807) is 54.6 Å². The number of fused-ring (bicyclic) bond motifs is 1. The molecule has 0 aromatic heterocycles. The quantitative estimate of drug-likeness (QED) is 0.543. The molecule has 4 rings (SSSR count). The molecule has 3 N–H and O–H groups in total. The number of aromatic carboxylic acids is 1. The number of Topliss-reactive ketones (excluding diaryl/α,β-unsaturated/α-hetero) is 1. The number of benzene rings is 3. The Morgan fingerprint density at radius 3 is 2.24 bits per heavy atom. The largest absolute Gasteiger partial charge is 0.492 e. The van der Waals surface area contributed by atoms with E-state index in [1.807, 2.05) is 26.0 Å². The van der Waals surface area contributed by atoms with Crippen molar-refractivity contribution >= 4 is 17.7 Å². The molecule has 176 valence electrons. The predicted octanol–water partition coefficient (Wildman–Crippen LogP) is 4.84. The molecular weight excluding hydrogens is 434 g/mol. The molecular formula is C27H27NO6. The topological polar surface area (TPSA) is 116 Å². The van der Waals surface area contributed by atoms with Crippen LogP contribution in [0, 0.1) is 0 Å². The molecule has 0 fully saturated rings. The second-order valence-electron chi connectivity index (χ2n) is 8.05. The molecule has 0 spiro atoms. The minimum atomic E-state index is -0.953. The third-order valence-electron chi connectivity index (χ3n) is 5.26. The van der Waals surface area contributed by atoms with Crippen LogP contribution in [0.3, 0.4) is 0 Å². The third kappa shape index (κ3) is 6.01. The zero-order valence-corrected chi connectivity index (χ0v) is 19.1. The number of ketones is 1. The summed E-state index contributed by atoms with van der Waals surface area (Å²) in [6.07, 6.45) is 0.403. The summed E-state index contributed by atoms with van der Waals surface area (Å²) in [6.45, 7) is 4.77. The highest BCUT2D eigenvalue weighted by Crippen LogP contribution is 2.40. The number of nitrogens with two attached hydrogens (primary N) is 1. The van der Waals surface area contributed by atoms with Gasteiger partial charge in [0, 0.05) is 17.5 Å². The average molecular weight is 462 g/mol. The number of hydrogen-bond acceptors (Lipinski definition) is 5. The van der Waals surface area contributed by atoms with Crippen LogP contribution in [-0.2, 0) is 6.61 Å². The Morgan fingerprint density at radius 1 is 1.00 bits per heavy atom. The second-order valence-corrected chi connectivity index (χ2v) is 8.05. The van der Waals surface area contributed by atoms with E-state index in [-0.39, 0.29) is 23.2 Å². The van der Waals surface area contributed by atoms with Crippen molar-refractivity contribution in [2.24, 2.45) is 5.73 Å². The first-order valence-corrected chi connectivity index (χ1v) is 10.9. The standard InChI is InChI=1S/C20H20O5.C7H7NO/c1-12(2)18-17(8-7-15-16(21)9-10-24-19(15)18)25-11-13-3-5-14(6-4-13)20(22)23;8-7(9)6-4-2-1-3-5-6/h3-8,12H,9-11H2,1-2H3,(H,22,23);1-5H,(H2,8,9). The molecule has 1 heterocycles. The zero-order chi connectivity index (χ0) is 24.7. The fourth-order valence-electron chi connectivity index (χ4n) is 3.52. The van der Waals surface area contributed by atoms with Crippen molar-refractivity contribution in [3.05, 3.63) is 94.5 Å². The molecule has 1 aliphatic rings. The van der Waals surface area contributed by atoms with E-state index in [4.69, 9.17) is 20.3 Å². The van der Waals surface area contributed by atoms with Crippen LogP contribution >= 0.6 is 0 Å². The lowest BCUT2D eigenvalue weighted by atomic mass is 9.94. The van der Waals surface area contributed by atoms with Crippen LogP contribution in [0.1, 0.15) is 68.4 Å². The summed E-state index contributed by atoms with van der Waals surface area (Å²) in [6, 6.07) is 18.9. The molecule has 0 aliphatic carbocycles. The van der Waals surface area contributed by atoms with Gasteiger partial charge in [-0.3, -0.25) is 9.59 Å². The number of carbonyl (C=O) groups is 3. The van der Waals surface area contributed by atoms with E-state index in [0.29, 0.717) is 42.3 Å². The van der Waals surface area contributed by atoms with Crippen LogP contribution in [-0.4, -0.2) is 29.4 Å². The van der Waals surface area contributed by atoms with E-state index in [9.17, 15) is 14.4 Å². The summed E-state index contributed by atoms with van der Waals surface area (Å²) in [5.74, 6) is 0.224. The summed E-state index contributed by atoms with van der Waals surface area (Å²) in [5.41, 5.74) is 8.16. The van der Waals surface area contributed by atoms with Crippen molar-refractivity contribution in [3.63, 3.8) is 0 Å². The molecule has 3 aromatic carbocycles. The smallest absolute Gasteiger partial charge is 0.335 e. The number of carbonyl (C=O) groups excluding carboxylic acids is 2. The van der Waals surface area contributed by atoms with E-state index in [1.165, 1.54) is 0 Å². The first-order valence-electron chi connectivity index (χ1n) is 10.9. The number of carboxylic acids is 1. The number of hydrogen-bond donors (Lipinski definition) is 2. The minimum absolute atomic E-state index is 0.0963. The van der Waals surface area contributed by atoms with Crippen LogP contribution in [0.5, 0.6) is 11.5 Å². The summed E-state index contributed by atoms with van der Waals surface area (Å²) in [4.78, 5) is 33.4. The van der Waals surface area contributed by atoms with Gasteiger partial charge in [-0.1, -0.05) is 44.2 Å². The maximum atomic E-state index is 12.1. The van der Waals surface area contributed by atoms with Crippen LogP contribution in [0.2, 0.25) is 0 Å². The van der Waals surface area contributed by atoms with Crippen molar-refractivity contribution in [2.75, 3.05) is 6.61 Å². The van der Waals surface area contributed by atoms with E-state index in [2.05, 4.69) is 0 Å². The molecule has 1 aliphatic heterocycles. The van der Waals surface area contributed by atoms with Crippen LogP contribution in [0.15, 0.2) is 66.7 Å². The molecule has 0 saturated carbocycles. The molecule has 0 bridgehead atoms. The van der Waals surface area contributed by atoms with Gasteiger partial charge in [-0.15, -0.1) is 0 Å². The lowest BCUT2D eigenvalue weighted by Crippen LogP contribution is -2.17. The first kappa shape index (κ1) is 24.5. The third-order valence-corrected chi connectivity index (χ3v) is 5.26. The summed E-state index contributed by atoms with van der Waals surface area (Å²) < 4.78 is 11.7. The molecule has 34 heavy (non-hydrogen) atoms. The van der Waals surface area contributed by atoms with Gasteiger partial charge in [-0.25, -0.2) is 4.79 Å². The number of carboxylic acid groups (broad SMARTS) is 1. The SMILES string of the molecule is CC(C)c1c(OCc2ccc(C(=O)O)cc2)ccc2c1OCCC2=O.NC(=O)c1ccccc1. The highest BCUT2D eigenvalue weighted by Gasteiger charge is 2.25. The maximum absolute atomic E-state index is 12.1. The molecule has 0 atom stereocenters. The Bertz CT molecular complexity index is 1170. The Balaban J connectivity index is 0.000000302. The van der Waals surface area contributed by atoms with Crippen molar-refractivity contribution < 1.29 is 29.0 Å². The number of amides is 1. The second kappa shape index (κ2) is 11.1. The van der Waals surface area contributed by atoms with E-state index >= 15 is 0 Å². The van der Waals surface area contributed by atoms with Gasteiger partial charge in [-0.2, -0.15) is 0 Å². The molecule has 3 aromatic rings. The number of rotatable bonds is 6. The zero-order valence-electron chi connectivity index (χ0n) is 19.1. The Hall–Kier alpha value is -4.13. The van der Waals surface area contributed by atoms with Gasteiger partial charge in [0.1, 0.15) is 18.1 Å². The molecule has 0 saturated heterocycles.